The maximum absolute atomic E-state index is 10.3. The lowest BCUT2D eigenvalue weighted by molar-refractivity contribution is 0.0879. The van der Waals surface area contributed by atoms with E-state index in [2.05, 4.69) is 15.6 Å². The van der Waals surface area contributed by atoms with E-state index in [0.717, 1.165) is 24.4 Å². The summed E-state index contributed by atoms with van der Waals surface area (Å²) in [6.45, 7) is 4.50. The van der Waals surface area contributed by atoms with Gasteiger partial charge in [-0.1, -0.05) is 19.3 Å². The predicted molar refractivity (Wildman–Crippen MR) is 104 cm³/mol. The van der Waals surface area contributed by atoms with Crippen molar-refractivity contribution in [1.82, 2.24) is 10.6 Å². The third-order valence-corrected chi connectivity index (χ3v) is 4.44. The predicted octanol–water partition coefficient (Wildman–Crippen LogP) is 3.37. The van der Waals surface area contributed by atoms with Crippen molar-refractivity contribution in [1.29, 1.82) is 0 Å². The molecule has 2 atom stereocenters. The van der Waals surface area contributed by atoms with Gasteiger partial charge in [-0.3, -0.25) is 4.99 Å². The maximum Gasteiger partial charge on any atom is 0.191 e. The number of hydrogen-bond donors (Lipinski definition) is 3. The van der Waals surface area contributed by atoms with Gasteiger partial charge in [-0.05, 0) is 44.7 Å². The molecule has 0 aliphatic heterocycles. The molecule has 0 spiro atoms. The van der Waals surface area contributed by atoms with Gasteiger partial charge in [0.25, 0.3) is 0 Å². The van der Waals surface area contributed by atoms with Crippen LogP contribution in [0, 0.1) is 12.8 Å². The lowest BCUT2D eigenvalue weighted by Gasteiger charge is -2.27. The molecule has 1 fully saturated rings. The second kappa shape index (κ2) is 10.2. The Bertz CT molecular complexity index is 484. The van der Waals surface area contributed by atoms with Crippen molar-refractivity contribution < 1.29 is 9.52 Å². The number of aliphatic hydroxyl groups is 1. The minimum atomic E-state index is -0.306. The van der Waals surface area contributed by atoms with Crippen molar-refractivity contribution >= 4 is 29.9 Å². The Hall–Kier alpha value is -0.760. The summed E-state index contributed by atoms with van der Waals surface area (Å²) in [5.74, 6) is 2.90. The molecule has 5 nitrogen and oxygen atoms in total. The molecule has 2 unspecified atom stereocenters. The van der Waals surface area contributed by atoms with Crippen molar-refractivity contribution in [2.45, 2.75) is 58.1 Å². The van der Waals surface area contributed by atoms with Crippen LogP contribution in [0.5, 0.6) is 0 Å². The summed E-state index contributed by atoms with van der Waals surface area (Å²) >= 11 is 0. The Morgan fingerprint density at radius 1 is 1.35 bits per heavy atom. The van der Waals surface area contributed by atoms with Crippen LogP contribution in [-0.2, 0) is 0 Å². The SMILES string of the molecule is CN=C(NCC(O)C1CCCCC1)NC(C)c1ccc(C)o1.I. The smallest absolute Gasteiger partial charge is 0.191 e. The average Bonchev–Trinajstić information content (AvgIpc) is 2.98. The number of halogens is 1. The average molecular weight is 435 g/mol. The van der Waals surface area contributed by atoms with Crippen molar-refractivity contribution in [3.05, 3.63) is 23.7 Å². The van der Waals surface area contributed by atoms with Gasteiger partial charge in [-0.15, -0.1) is 24.0 Å². The molecule has 0 saturated heterocycles. The molecule has 1 aromatic rings. The fourth-order valence-electron chi connectivity index (χ4n) is 3.04. The first-order valence-electron chi connectivity index (χ1n) is 8.31. The van der Waals surface area contributed by atoms with Gasteiger partial charge in [0, 0.05) is 13.6 Å². The molecular weight excluding hydrogens is 405 g/mol. The Kier molecular flexibility index (Phi) is 8.98. The van der Waals surface area contributed by atoms with E-state index >= 15 is 0 Å². The summed E-state index contributed by atoms with van der Waals surface area (Å²) in [7, 11) is 1.74. The van der Waals surface area contributed by atoms with E-state index in [1.165, 1.54) is 19.3 Å². The molecule has 3 N–H and O–H groups in total. The highest BCUT2D eigenvalue weighted by atomic mass is 127. The van der Waals surface area contributed by atoms with E-state index in [1.807, 2.05) is 26.0 Å². The number of hydrogen-bond acceptors (Lipinski definition) is 3. The van der Waals surface area contributed by atoms with Gasteiger partial charge < -0.3 is 20.2 Å². The second-order valence-corrected chi connectivity index (χ2v) is 6.23. The largest absolute Gasteiger partial charge is 0.464 e. The molecule has 1 aliphatic carbocycles. The van der Waals surface area contributed by atoms with E-state index in [-0.39, 0.29) is 36.1 Å². The number of aliphatic hydroxyl groups excluding tert-OH is 1. The summed E-state index contributed by atoms with van der Waals surface area (Å²) in [5, 5.41) is 16.8. The first kappa shape index (κ1) is 20.3. The molecule has 0 bridgehead atoms. The zero-order valence-corrected chi connectivity index (χ0v) is 16.7. The minimum absolute atomic E-state index is 0. The molecule has 132 valence electrons. The fraction of sp³-hybridized carbons (Fsp3) is 0.706. The van der Waals surface area contributed by atoms with E-state index in [9.17, 15) is 5.11 Å². The molecule has 0 aromatic carbocycles. The molecule has 1 saturated carbocycles. The molecule has 2 rings (SSSR count). The Morgan fingerprint density at radius 2 is 2.04 bits per heavy atom. The molecule has 23 heavy (non-hydrogen) atoms. The number of aryl methyl sites for hydroxylation is 1. The summed E-state index contributed by atoms with van der Waals surface area (Å²) in [6, 6.07) is 3.96. The summed E-state index contributed by atoms with van der Waals surface area (Å²) < 4.78 is 5.62. The zero-order valence-electron chi connectivity index (χ0n) is 14.3. The third kappa shape index (κ3) is 6.33. The van der Waals surface area contributed by atoms with Crippen molar-refractivity contribution in [2.24, 2.45) is 10.9 Å². The van der Waals surface area contributed by atoms with Gasteiger partial charge in [0.05, 0.1) is 12.1 Å². The Balaban J connectivity index is 0.00000264. The normalized spacial score (nSPS) is 18.9. The number of aliphatic imine (C=N–C) groups is 1. The van der Waals surface area contributed by atoms with Crippen molar-refractivity contribution in [3.8, 4) is 0 Å². The zero-order chi connectivity index (χ0) is 15.9. The Morgan fingerprint density at radius 3 is 2.61 bits per heavy atom. The van der Waals surface area contributed by atoms with Gasteiger partial charge in [0.15, 0.2) is 5.96 Å². The van der Waals surface area contributed by atoms with Gasteiger partial charge in [-0.2, -0.15) is 0 Å². The highest BCUT2D eigenvalue weighted by Crippen LogP contribution is 2.26. The molecule has 1 aliphatic rings. The monoisotopic (exact) mass is 435 g/mol. The lowest BCUT2D eigenvalue weighted by Crippen LogP contribution is -2.44. The van der Waals surface area contributed by atoms with E-state index < -0.39 is 0 Å². The van der Waals surface area contributed by atoms with E-state index in [4.69, 9.17) is 4.42 Å². The topological polar surface area (TPSA) is 69.8 Å². The van der Waals surface area contributed by atoms with Crippen LogP contribution in [0.1, 0.15) is 56.6 Å². The highest BCUT2D eigenvalue weighted by molar-refractivity contribution is 14.0. The molecular formula is C17H30IN3O2. The lowest BCUT2D eigenvalue weighted by atomic mass is 9.85. The molecule has 1 aromatic heterocycles. The van der Waals surface area contributed by atoms with Gasteiger partial charge in [0.1, 0.15) is 11.5 Å². The molecule has 1 heterocycles. The number of nitrogens with zero attached hydrogens (tertiary/aromatic N) is 1. The number of nitrogens with one attached hydrogen (secondary N) is 2. The van der Waals surface area contributed by atoms with Crippen LogP contribution in [0.15, 0.2) is 21.5 Å². The van der Waals surface area contributed by atoms with Crippen LogP contribution < -0.4 is 10.6 Å². The molecule has 6 heteroatoms. The quantitative estimate of drug-likeness (QED) is 0.377. The first-order valence-corrected chi connectivity index (χ1v) is 8.31. The maximum atomic E-state index is 10.3. The summed E-state index contributed by atoms with van der Waals surface area (Å²) in [5.41, 5.74) is 0. The second-order valence-electron chi connectivity index (χ2n) is 6.23. The van der Waals surface area contributed by atoms with Crippen LogP contribution in [0.3, 0.4) is 0 Å². The van der Waals surface area contributed by atoms with Crippen LogP contribution in [0.2, 0.25) is 0 Å². The Labute approximate surface area is 156 Å². The van der Waals surface area contributed by atoms with Crippen molar-refractivity contribution in [3.63, 3.8) is 0 Å². The van der Waals surface area contributed by atoms with Crippen molar-refractivity contribution in [2.75, 3.05) is 13.6 Å². The summed E-state index contributed by atoms with van der Waals surface area (Å²) in [6.07, 6.45) is 5.75. The minimum Gasteiger partial charge on any atom is -0.464 e. The standard InChI is InChI=1S/C17H29N3O2.HI/c1-12-9-10-16(22-12)13(2)20-17(18-3)19-11-15(21)14-7-5-4-6-8-14;/h9-10,13-15,21H,4-8,11H2,1-3H3,(H2,18,19,20);1H. The van der Waals surface area contributed by atoms with Gasteiger partial charge in [0.2, 0.25) is 0 Å². The number of furan rings is 1. The van der Waals surface area contributed by atoms with Crippen LogP contribution >= 0.6 is 24.0 Å². The van der Waals surface area contributed by atoms with Crippen LogP contribution in [-0.4, -0.2) is 30.8 Å². The van der Waals surface area contributed by atoms with Gasteiger partial charge >= 0.3 is 0 Å². The summed E-state index contributed by atoms with van der Waals surface area (Å²) in [4.78, 5) is 4.22. The molecule has 0 amide bonds. The first-order chi connectivity index (χ1) is 10.6. The third-order valence-electron chi connectivity index (χ3n) is 4.44. The van der Waals surface area contributed by atoms with Crippen LogP contribution in [0.25, 0.3) is 0 Å². The van der Waals surface area contributed by atoms with E-state index in [0.29, 0.717) is 18.4 Å². The molecule has 0 radical (unpaired) electrons. The van der Waals surface area contributed by atoms with E-state index in [1.54, 1.807) is 7.05 Å². The van der Waals surface area contributed by atoms with Gasteiger partial charge in [-0.25, -0.2) is 0 Å². The van der Waals surface area contributed by atoms with Crippen LogP contribution in [0.4, 0.5) is 0 Å². The number of rotatable bonds is 5. The number of guanidine groups is 1. The fourth-order valence-corrected chi connectivity index (χ4v) is 3.04. The highest BCUT2D eigenvalue weighted by Gasteiger charge is 2.22.